The third-order valence-electron chi connectivity index (χ3n) is 9.55. The number of benzene rings is 5. The van der Waals surface area contributed by atoms with Gasteiger partial charge in [0, 0.05) is 24.1 Å². The van der Waals surface area contributed by atoms with E-state index in [2.05, 4.69) is 0 Å². The molecule has 5 atom stereocenters. The maximum absolute atomic E-state index is 15.2. The van der Waals surface area contributed by atoms with Crippen LogP contribution in [-0.2, 0) is 60.5 Å². The van der Waals surface area contributed by atoms with Gasteiger partial charge >= 0.3 is 0 Å². The number of ether oxygens (including phenoxy) is 6. The smallest absolute Gasteiger partial charge is 0.225 e. The van der Waals surface area contributed by atoms with Crippen LogP contribution in [0.1, 0.15) is 33.4 Å². The molecular weight excluding hydrogens is 718 g/mol. The number of carbonyl (C=O) groups excluding carboxylic acids is 1. The molecule has 1 fully saturated rings. The van der Waals surface area contributed by atoms with Gasteiger partial charge in [-0.25, -0.2) is 4.39 Å². The van der Waals surface area contributed by atoms with Crippen molar-refractivity contribution in [1.82, 2.24) is 0 Å². The van der Waals surface area contributed by atoms with Gasteiger partial charge in [0.05, 0.1) is 33.5 Å². The summed E-state index contributed by atoms with van der Waals surface area (Å²) < 4.78 is 67.9. The number of hydrogen-bond donors (Lipinski definition) is 1. The van der Waals surface area contributed by atoms with Crippen molar-refractivity contribution >= 4 is 17.9 Å². The first-order valence-electron chi connectivity index (χ1n) is 17.4. The Morgan fingerprint density at radius 1 is 0.722 bits per heavy atom. The number of aldehydes is 1. The van der Waals surface area contributed by atoms with Crippen LogP contribution in [0.5, 0.6) is 5.75 Å². The molecule has 6 rings (SSSR count). The number of methoxy groups -OCH3 is 2. The second kappa shape index (κ2) is 17.7. The van der Waals surface area contributed by atoms with E-state index < -0.39 is 47.9 Å². The zero-order chi connectivity index (χ0) is 38.1. The van der Waals surface area contributed by atoms with E-state index in [1.165, 1.54) is 26.4 Å². The standard InChI is InChI=1S/C43H41ClF2O8/c1-49-36-21-18-32(37(45)38(36)46)22-33-23-34(19-20-35(33)44)43(50-2)41(53-26-31-16-10-5-11-17-31)39(51-24-29-12-6-3-7-13-29)40(42(27-47,28-48)54-43)52-25-30-14-8-4-9-15-30/h3-21,23,27,39-41,48H,22,24-26,28H2,1-2H3/t39-,40-,41+,42-,43-/m0/s1. The fraction of sp³-hybridized carbons (Fsp3) is 0.279. The number of hydrogen-bond acceptors (Lipinski definition) is 8. The number of halogens is 3. The molecule has 0 spiro atoms. The average molecular weight is 759 g/mol. The molecule has 0 aliphatic carbocycles. The summed E-state index contributed by atoms with van der Waals surface area (Å²) in [7, 11) is 2.64. The SMILES string of the molecule is COc1ccc(Cc2cc([C@]3(OC)O[C@@](C=O)(CO)[C@@H](OCc4ccccc4)[C@H](OCc4ccccc4)[C@H]3OCc3ccccc3)ccc2Cl)c(F)c1F. The van der Waals surface area contributed by atoms with Gasteiger partial charge in [0.25, 0.3) is 0 Å². The molecule has 5 aromatic rings. The van der Waals surface area contributed by atoms with Crippen LogP contribution in [0.4, 0.5) is 8.78 Å². The van der Waals surface area contributed by atoms with Crippen molar-refractivity contribution in [2.24, 2.45) is 0 Å². The van der Waals surface area contributed by atoms with Crippen LogP contribution < -0.4 is 4.74 Å². The Morgan fingerprint density at radius 2 is 1.28 bits per heavy atom. The van der Waals surface area contributed by atoms with Crippen LogP contribution in [0.2, 0.25) is 5.02 Å². The first-order valence-corrected chi connectivity index (χ1v) is 17.7. The summed E-state index contributed by atoms with van der Waals surface area (Å²) in [6.07, 6.45) is -3.10. The summed E-state index contributed by atoms with van der Waals surface area (Å²) in [5, 5.41) is 11.3. The molecule has 1 heterocycles. The highest BCUT2D eigenvalue weighted by Gasteiger charge is 2.64. The Bertz CT molecular complexity index is 1990. The van der Waals surface area contributed by atoms with Gasteiger partial charge in [-0.15, -0.1) is 0 Å². The van der Waals surface area contributed by atoms with E-state index in [9.17, 15) is 14.3 Å². The van der Waals surface area contributed by atoms with Gasteiger partial charge in [0.15, 0.2) is 23.5 Å². The second-order valence-electron chi connectivity index (χ2n) is 12.9. The van der Waals surface area contributed by atoms with E-state index in [0.717, 1.165) is 16.7 Å². The van der Waals surface area contributed by atoms with Gasteiger partial charge in [-0.3, -0.25) is 4.79 Å². The summed E-state index contributed by atoms with van der Waals surface area (Å²) >= 11 is 6.69. The largest absolute Gasteiger partial charge is 0.494 e. The fourth-order valence-electron chi connectivity index (χ4n) is 6.70. The van der Waals surface area contributed by atoms with Gasteiger partial charge in [-0.05, 0) is 46.0 Å². The zero-order valence-electron chi connectivity index (χ0n) is 29.8. The normalized spacial score (nSPS) is 22.5. The Labute approximate surface area is 318 Å². The van der Waals surface area contributed by atoms with Gasteiger partial charge in [-0.1, -0.05) is 115 Å². The van der Waals surface area contributed by atoms with Crippen LogP contribution >= 0.6 is 11.6 Å². The Kier molecular flexibility index (Phi) is 12.9. The molecule has 11 heteroatoms. The lowest BCUT2D eigenvalue weighted by molar-refractivity contribution is -0.401. The summed E-state index contributed by atoms with van der Waals surface area (Å²) in [4.78, 5) is 13.3. The number of rotatable bonds is 16. The molecule has 0 aromatic heterocycles. The molecule has 0 saturated carbocycles. The van der Waals surface area contributed by atoms with Gasteiger partial charge in [-0.2, -0.15) is 4.39 Å². The fourth-order valence-corrected chi connectivity index (χ4v) is 6.89. The van der Waals surface area contributed by atoms with Crippen molar-refractivity contribution in [3.05, 3.63) is 171 Å². The minimum atomic E-state index is -2.04. The summed E-state index contributed by atoms with van der Waals surface area (Å²) in [6.45, 7) is -0.610. The minimum absolute atomic E-state index is 0.0244. The second-order valence-corrected chi connectivity index (χ2v) is 13.3. The van der Waals surface area contributed by atoms with Crippen molar-refractivity contribution in [3.8, 4) is 5.75 Å². The summed E-state index contributed by atoms with van der Waals surface area (Å²) in [6, 6.07) is 35.8. The van der Waals surface area contributed by atoms with Crippen LogP contribution in [0.25, 0.3) is 0 Å². The van der Waals surface area contributed by atoms with Gasteiger partial charge in [0.2, 0.25) is 11.6 Å². The van der Waals surface area contributed by atoms with E-state index >= 15 is 4.39 Å². The monoisotopic (exact) mass is 758 g/mol. The number of aliphatic hydroxyl groups is 1. The highest BCUT2D eigenvalue weighted by molar-refractivity contribution is 6.31. The Balaban J connectivity index is 1.49. The van der Waals surface area contributed by atoms with E-state index in [-0.39, 0.29) is 42.6 Å². The van der Waals surface area contributed by atoms with E-state index in [4.69, 9.17) is 40.0 Å². The lowest BCUT2D eigenvalue weighted by Crippen LogP contribution is -2.72. The molecule has 1 N–H and O–H groups in total. The van der Waals surface area contributed by atoms with Crippen molar-refractivity contribution in [2.75, 3.05) is 20.8 Å². The van der Waals surface area contributed by atoms with Gasteiger partial charge in [0.1, 0.15) is 18.3 Å². The number of carbonyl (C=O) groups is 1. The Hall–Kier alpha value is -4.52. The molecule has 54 heavy (non-hydrogen) atoms. The van der Waals surface area contributed by atoms with Crippen LogP contribution in [0, 0.1) is 11.6 Å². The summed E-state index contributed by atoms with van der Waals surface area (Å²) in [5.74, 6) is -4.39. The van der Waals surface area contributed by atoms with Gasteiger partial charge < -0.3 is 33.5 Å². The molecule has 1 aliphatic heterocycles. The maximum Gasteiger partial charge on any atom is 0.225 e. The third kappa shape index (κ3) is 8.25. The Morgan fingerprint density at radius 3 is 1.80 bits per heavy atom. The molecule has 282 valence electrons. The molecule has 1 aliphatic rings. The minimum Gasteiger partial charge on any atom is -0.494 e. The summed E-state index contributed by atoms with van der Waals surface area (Å²) in [5.41, 5.74) is 1.16. The van der Waals surface area contributed by atoms with E-state index in [0.29, 0.717) is 17.4 Å². The lowest BCUT2D eigenvalue weighted by atomic mass is 9.80. The molecular formula is C43H41ClF2O8. The quantitative estimate of drug-likeness (QED) is 0.102. The van der Waals surface area contributed by atoms with E-state index in [1.54, 1.807) is 18.2 Å². The highest BCUT2D eigenvalue weighted by atomic mass is 35.5. The van der Waals surface area contributed by atoms with Crippen molar-refractivity contribution in [2.45, 2.75) is 55.9 Å². The van der Waals surface area contributed by atoms with Crippen molar-refractivity contribution in [3.63, 3.8) is 0 Å². The molecule has 5 aromatic carbocycles. The molecule has 8 nitrogen and oxygen atoms in total. The van der Waals surface area contributed by atoms with Crippen molar-refractivity contribution < 1.29 is 47.1 Å². The first kappa shape index (κ1) is 39.2. The predicted molar refractivity (Wildman–Crippen MR) is 198 cm³/mol. The molecule has 1 saturated heterocycles. The topological polar surface area (TPSA) is 92.7 Å². The lowest BCUT2D eigenvalue weighted by Gasteiger charge is -2.55. The number of aliphatic hydroxyl groups excluding tert-OH is 1. The third-order valence-corrected chi connectivity index (χ3v) is 9.92. The molecule has 0 bridgehead atoms. The zero-order valence-corrected chi connectivity index (χ0v) is 30.6. The first-order chi connectivity index (χ1) is 26.3. The van der Waals surface area contributed by atoms with Crippen LogP contribution in [0.15, 0.2) is 121 Å². The molecule has 0 unspecified atom stereocenters. The molecule has 0 amide bonds. The van der Waals surface area contributed by atoms with Crippen molar-refractivity contribution in [1.29, 1.82) is 0 Å². The average Bonchev–Trinajstić information content (AvgIpc) is 3.22. The maximum atomic E-state index is 15.2. The van der Waals surface area contributed by atoms with Crippen LogP contribution in [-0.4, -0.2) is 56.1 Å². The molecule has 0 radical (unpaired) electrons. The van der Waals surface area contributed by atoms with E-state index in [1.807, 2.05) is 91.0 Å². The predicted octanol–water partition coefficient (Wildman–Crippen LogP) is 7.73. The van der Waals surface area contributed by atoms with Crippen LogP contribution in [0.3, 0.4) is 0 Å². The highest BCUT2D eigenvalue weighted by Crippen LogP contribution is 2.48.